The lowest BCUT2D eigenvalue weighted by Gasteiger charge is -2.15. The highest BCUT2D eigenvalue weighted by atomic mass is 19.2. The fraction of sp³-hybridized carbons (Fsp3) is 0.348. The highest BCUT2D eigenvalue weighted by Crippen LogP contribution is 2.36. The Labute approximate surface area is 194 Å². The molecule has 1 aromatic carbocycles. The summed E-state index contributed by atoms with van der Waals surface area (Å²) in [4.78, 5) is 38.8. The number of anilines is 1. The van der Waals surface area contributed by atoms with Gasteiger partial charge in [-0.05, 0) is 50.5 Å². The second-order valence-corrected chi connectivity index (χ2v) is 8.22. The minimum atomic E-state index is -1.14. The third-order valence-electron chi connectivity index (χ3n) is 5.59. The Morgan fingerprint density at radius 3 is 2.59 bits per heavy atom. The first-order valence-electron chi connectivity index (χ1n) is 10.6. The molecule has 182 valence electrons. The number of hydrogen-bond donors (Lipinski definition) is 6. The van der Waals surface area contributed by atoms with Crippen molar-refractivity contribution in [1.82, 2.24) is 10.3 Å². The molecule has 3 amide bonds. The average Bonchev–Trinajstić information content (AvgIpc) is 3.20. The normalized spacial score (nSPS) is 15.7. The molecule has 0 fully saturated rings. The molecule has 0 radical (unpaired) electrons. The number of primary amides is 1. The zero-order valence-corrected chi connectivity index (χ0v) is 18.7. The molecular formula is C23H26F2N4O5. The van der Waals surface area contributed by atoms with E-state index < -0.39 is 41.6 Å². The molecule has 11 heteroatoms. The maximum atomic E-state index is 14.3. The van der Waals surface area contributed by atoms with Gasteiger partial charge in [-0.1, -0.05) is 0 Å². The highest BCUT2D eigenvalue weighted by Gasteiger charge is 2.30. The second kappa shape index (κ2) is 10.1. The third-order valence-corrected chi connectivity index (χ3v) is 5.59. The van der Waals surface area contributed by atoms with Crippen LogP contribution in [-0.2, 0) is 9.59 Å². The molecular weight excluding hydrogens is 450 g/mol. The maximum Gasteiger partial charge on any atom is 0.256 e. The predicted molar refractivity (Wildman–Crippen MR) is 121 cm³/mol. The van der Waals surface area contributed by atoms with E-state index in [0.29, 0.717) is 22.5 Å². The largest absolute Gasteiger partial charge is 0.393 e. The Morgan fingerprint density at radius 1 is 1.21 bits per heavy atom. The number of amides is 3. The van der Waals surface area contributed by atoms with Crippen LogP contribution in [-0.4, -0.2) is 51.7 Å². The summed E-state index contributed by atoms with van der Waals surface area (Å²) in [5, 5.41) is 24.8. The zero-order chi connectivity index (χ0) is 25.2. The van der Waals surface area contributed by atoms with E-state index in [0.717, 1.165) is 6.07 Å². The fourth-order valence-corrected chi connectivity index (χ4v) is 3.95. The number of H-pyrrole nitrogens is 1. The third kappa shape index (κ3) is 5.32. The molecule has 1 aliphatic heterocycles. The highest BCUT2D eigenvalue weighted by molar-refractivity contribution is 6.35. The number of aliphatic hydroxyl groups excluding tert-OH is 2. The summed E-state index contributed by atoms with van der Waals surface area (Å²) in [6.45, 7) is 3.40. The van der Waals surface area contributed by atoms with Crippen molar-refractivity contribution in [3.63, 3.8) is 0 Å². The molecule has 0 aliphatic carbocycles. The van der Waals surface area contributed by atoms with Gasteiger partial charge in [-0.2, -0.15) is 0 Å². The number of aliphatic hydroxyl groups is 2. The van der Waals surface area contributed by atoms with Crippen molar-refractivity contribution in [2.45, 2.75) is 45.3 Å². The number of rotatable bonds is 9. The van der Waals surface area contributed by atoms with Crippen molar-refractivity contribution in [3.05, 3.63) is 51.8 Å². The Hall–Kier alpha value is -3.57. The minimum absolute atomic E-state index is 0.0561. The van der Waals surface area contributed by atoms with Gasteiger partial charge in [0.2, 0.25) is 5.91 Å². The van der Waals surface area contributed by atoms with Crippen molar-refractivity contribution in [2.24, 2.45) is 5.73 Å². The molecule has 0 spiro atoms. The number of aromatic nitrogens is 1. The molecule has 9 nitrogen and oxygen atoms in total. The van der Waals surface area contributed by atoms with E-state index in [1.165, 1.54) is 12.1 Å². The maximum absolute atomic E-state index is 14.3. The molecule has 2 heterocycles. The molecule has 0 saturated heterocycles. The quantitative estimate of drug-likeness (QED) is 0.302. The summed E-state index contributed by atoms with van der Waals surface area (Å²) in [5.74, 6) is -3.92. The number of nitrogens with one attached hydrogen (secondary N) is 3. The van der Waals surface area contributed by atoms with E-state index in [2.05, 4.69) is 15.6 Å². The zero-order valence-electron chi connectivity index (χ0n) is 18.7. The van der Waals surface area contributed by atoms with Crippen molar-refractivity contribution < 1.29 is 33.4 Å². The minimum Gasteiger partial charge on any atom is -0.393 e. The Kier molecular flexibility index (Phi) is 7.48. The molecule has 0 bridgehead atoms. The van der Waals surface area contributed by atoms with Gasteiger partial charge < -0.3 is 31.6 Å². The molecule has 1 aromatic heterocycles. The standard InChI is InChI=1S/C23H26F2N4O5/c1-10-17(9-14-20-16(29-22(14)33)4-3-15(24)21(20)25)28-11(2)19(10)23(34)27-6-5-12(30)7-13(31)8-18(26)32/h3-4,9,12-13,28,30-31H,5-8H2,1-2H3,(H2,26,32)(H,27,34)(H,29,33)/b14-9-. The van der Waals surface area contributed by atoms with Crippen LogP contribution in [0.1, 0.15) is 52.1 Å². The molecule has 7 N–H and O–H groups in total. The fourth-order valence-electron chi connectivity index (χ4n) is 3.95. The molecule has 1 aliphatic rings. The molecule has 2 unspecified atom stereocenters. The number of aryl methyl sites for hydroxylation is 1. The lowest BCUT2D eigenvalue weighted by atomic mass is 10.0. The molecule has 2 atom stereocenters. The van der Waals surface area contributed by atoms with Crippen LogP contribution in [0.2, 0.25) is 0 Å². The second-order valence-electron chi connectivity index (χ2n) is 8.22. The topological polar surface area (TPSA) is 158 Å². The van der Waals surface area contributed by atoms with Gasteiger partial charge in [-0.15, -0.1) is 0 Å². The lowest BCUT2D eigenvalue weighted by Crippen LogP contribution is -2.30. The number of halogens is 2. The van der Waals surface area contributed by atoms with Crippen molar-refractivity contribution >= 4 is 35.1 Å². The van der Waals surface area contributed by atoms with E-state index in [4.69, 9.17) is 5.73 Å². The first-order chi connectivity index (χ1) is 16.0. The van der Waals surface area contributed by atoms with Crippen LogP contribution >= 0.6 is 0 Å². The van der Waals surface area contributed by atoms with E-state index in [1.54, 1.807) is 13.8 Å². The van der Waals surface area contributed by atoms with Crippen molar-refractivity contribution in [2.75, 3.05) is 11.9 Å². The number of aromatic amines is 1. The van der Waals surface area contributed by atoms with Crippen LogP contribution in [0.5, 0.6) is 0 Å². The lowest BCUT2D eigenvalue weighted by molar-refractivity contribution is -0.120. The summed E-state index contributed by atoms with van der Waals surface area (Å²) in [6, 6.07) is 2.21. The number of hydrogen-bond acceptors (Lipinski definition) is 5. The Bertz CT molecular complexity index is 1170. The first-order valence-corrected chi connectivity index (χ1v) is 10.6. The van der Waals surface area contributed by atoms with E-state index in [-0.39, 0.29) is 42.6 Å². The molecule has 0 saturated carbocycles. The van der Waals surface area contributed by atoms with Crippen LogP contribution in [0.3, 0.4) is 0 Å². The van der Waals surface area contributed by atoms with Gasteiger partial charge in [-0.3, -0.25) is 14.4 Å². The van der Waals surface area contributed by atoms with Gasteiger partial charge in [0.1, 0.15) is 0 Å². The number of carbonyl (C=O) groups is 3. The van der Waals surface area contributed by atoms with Gasteiger partial charge in [0.05, 0.1) is 35.5 Å². The summed E-state index contributed by atoms with van der Waals surface area (Å²) >= 11 is 0. The van der Waals surface area contributed by atoms with Crippen LogP contribution < -0.4 is 16.4 Å². The average molecular weight is 476 g/mol. The van der Waals surface area contributed by atoms with Gasteiger partial charge in [0.15, 0.2) is 11.6 Å². The summed E-state index contributed by atoms with van der Waals surface area (Å²) in [5.41, 5.74) is 6.62. The monoisotopic (exact) mass is 476 g/mol. The molecule has 2 aromatic rings. The predicted octanol–water partition coefficient (Wildman–Crippen LogP) is 1.51. The Balaban J connectivity index is 1.72. The van der Waals surface area contributed by atoms with Gasteiger partial charge in [0, 0.05) is 23.5 Å². The van der Waals surface area contributed by atoms with E-state index in [9.17, 15) is 33.4 Å². The summed E-state index contributed by atoms with van der Waals surface area (Å²) in [6.07, 6.45) is -0.819. The SMILES string of the molecule is Cc1[nH]c(/C=C2\C(=O)Nc3ccc(F)c(F)c32)c(C)c1C(=O)NCCC(O)CC(O)CC(N)=O. The first kappa shape index (κ1) is 25.1. The Morgan fingerprint density at radius 2 is 1.91 bits per heavy atom. The van der Waals surface area contributed by atoms with Gasteiger partial charge >= 0.3 is 0 Å². The number of nitrogens with two attached hydrogens (primary N) is 1. The van der Waals surface area contributed by atoms with E-state index >= 15 is 0 Å². The molecule has 34 heavy (non-hydrogen) atoms. The smallest absolute Gasteiger partial charge is 0.256 e. The van der Waals surface area contributed by atoms with Crippen LogP contribution in [0.4, 0.5) is 14.5 Å². The van der Waals surface area contributed by atoms with Crippen molar-refractivity contribution in [1.29, 1.82) is 0 Å². The van der Waals surface area contributed by atoms with Crippen molar-refractivity contribution in [3.8, 4) is 0 Å². The van der Waals surface area contributed by atoms with Gasteiger partial charge in [0.25, 0.3) is 11.8 Å². The van der Waals surface area contributed by atoms with Gasteiger partial charge in [-0.25, -0.2) is 8.78 Å². The number of fused-ring (bicyclic) bond motifs is 1. The summed E-state index contributed by atoms with van der Waals surface area (Å²) < 4.78 is 28.1. The number of benzene rings is 1. The molecule has 3 rings (SSSR count). The summed E-state index contributed by atoms with van der Waals surface area (Å²) in [7, 11) is 0. The van der Waals surface area contributed by atoms with Crippen LogP contribution in [0, 0.1) is 25.5 Å². The van der Waals surface area contributed by atoms with Crippen LogP contribution in [0.15, 0.2) is 12.1 Å². The van der Waals surface area contributed by atoms with Crippen LogP contribution in [0.25, 0.3) is 11.6 Å². The number of carbonyl (C=O) groups excluding carboxylic acids is 3. The van der Waals surface area contributed by atoms with E-state index in [1.807, 2.05) is 0 Å².